The van der Waals surface area contributed by atoms with Gasteiger partial charge < -0.3 is 10.6 Å². The van der Waals surface area contributed by atoms with E-state index in [2.05, 4.69) is 20.6 Å². The standard InChI is InChI=1S/C7H6N4O2/c12-4-3-10-7(13)5-6(11-4)9-2-1-8-5/h1-2H,3H2,(H,10,13)(H,9,11,12). The lowest BCUT2D eigenvalue weighted by atomic mass is 10.4. The smallest absolute Gasteiger partial charge is 0.274 e. The topological polar surface area (TPSA) is 84.0 Å². The number of hydrogen-bond donors (Lipinski definition) is 2. The zero-order valence-corrected chi connectivity index (χ0v) is 6.57. The predicted octanol–water partition coefficient (Wildman–Crippen LogP) is -0.842. The van der Waals surface area contributed by atoms with Crippen LogP contribution in [0.2, 0.25) is 0 Å². The Balaban J connectivity index is 2.49. The fourth-order valence-electron chi connectivity index (χ4n) is 1.02. The molecule has 0 saturated heterocycles. The Morgan fingerprint density at radius 2 is 2.00 bits per heavy atom. The molecule has 2 N–H and O–H groups in total. The van der Waals surface area contributed by atoms with Crippen LogP contribution in [0, 0.1) is 0 Å². The van der Waals surface area contributed by atoms with Crippen LogP contribution in [0.15, 0.2) is 12.4 Å². The summed E-state index contributed by atoms with van der Waals surface area (Å²) in [6.07, 6.45) is 2.81. The van der Waals surface area contributed by atoms with Crippen molar-refractivity contribution in [1.82, 2.24) is 15.3 Å². The van der Waals surface area contributed by atoms with Crippen LogP contribution in [0.25, 0.3) is 0 Å². The minimum atomic E-state index is -0.388. The SMILES string of the molecule is O=C1CNC(=O)c2nccnc2N1. The van der Waals surface area contributed by atoms with E-state index in [0.717, 1.165) is 0 Å². The first kappa shape index (κ1) is 7.66. The maximum atomic E-state index is 11.2. The molecule has 6 nitrogen and oxygen atoms in total. The number of aromatic nitrogens is 2. The number of rotatable bonds is 0. The Kier molecular flexibility index (Phi) is 1.66. The van der Waals surface area contributed by atoms with E-state index in [1.54, 1.807) is 0 Å². The molecule has 13 heavy (non-hydrogen) atoms. The fraction of sp³-hybridized carbons (Fsp3) is 0.143. The molecule has 6 heteroatoms. The van der Waals surface area contributed by atoms with Crippen LogP contribution in [-0.2, 0) is 4.79 Å². The third-order valence-electron chi connectivity index (χ3n) is 1.58. The molecule has 0 unspecified atom stereocenters. The molecule has 2 rings (SSSR count). The summed E-state index contributed by atoms with van der Waals surface area (Å²) < 4.78 is 0. The molecule has 2 amide bonds. The highest BCUT2D eigenvalue weighted by atomic mass is 16.2. The van der Waals surface area contributed by atoms with Crippen molar-refractivity contribution in [2.45, 2.75) is 0 Å². The maximum Gasteiger partial charge on any atom is 0.274 e. The van der Waals surface area contributed by atoms with Crippen molar-refractivity contribution in [3.63, 3.8) is 0 Å². The number of nitrogens with zero attached hydrogens (tertiary/aromatic N) is 2. The molecule has 66 valence electrons. The van der Waals surface area contributed by atoms with E-state index in [1.807, 2.05) is 0 Å². The van der Waals surface area contributed by atoms with Crippen molar-refractivity contribution >= 4 is 17.6 Å². The third kappa shape index (κ3) is 1.33. The van der Waals surface area contributed by atoms with Crippen LogP contribution in [0.3, 0.4) is 0 Å². The van der Waals surface area contributed by atoms with Gasteiger partial charge in [-0.1, -0.05) is 0 Å². The van der Waals surface area contributed by atoms with Crippen LogP contribution >= 0.6 is 0 Å². The van der Waals surface area contributed by atoms with Gasteiger partial charge in [0.15, 0.2) is 11.5 Å². The molecular weight excluding hydrogens is 172 g/mol. The van der Waals surface area contributed by atoms with Crippen molar-refractivity contribution in [3.8, 4) is 0 Å². The highest BCUT2D eigenvalue weighted by molar-refractivity contribution is 6.06. The molecule has 0 radical (unpaired) electrons. The molecule has 0 bridgehead atoms. The number of anilines is 1. The summed E-state index contributed by atoms with van der Waals surface area (Å²) in [5.41, 5.74) is 0.147. The Bertz CT molecular complexity index is 377. The highest BCUT2D eigenvalue weighted by Gasteiger charge is 2.20. The molecule has 2 heterocycles. The van der Waals surface area contributed by atoms with Gasteiger partial charge in [-0.15, -0.1) is 0 Å². The van der Waals surface area contributed by atoms with E-state index >= 15 is 0 Å². The summed E-state index contributed by atoms with van der Waals surface area (Å²) in [6, 6.07) is 0. The largest absolute Gasteiger partial charge is 0.341 e. The Labute approximate surface area is 73.4 Å². The summed E-state index contributed by atoms with van der Waals surface area (Å²) in [4.78, 5) is 29.9. The van der Waals surface area contributed by atoms with Crippen molar-refractivity contribution in [2.75, 3.05) is 11.9 Å². The second-order valence-corrected chi connectivity index (χ2v) is 2.48. The average Bonchev–Trinajstić information content (AvgIpc) is 2.27. The van der Waals surface area contributed by atoms with E-state index in [9.17, 15) is 9.59 Å². The molecule has 1 aliphatic heterocycles. The first-order valence-electron chi connectivity index (χ1n) is 3.66. The van der Waals surface area contributed by atoms with Gasteiger partial charge in [-0.2, -0.15) is 0 Å². The number of amides is 2. The van der Waals surface area contributed by atoms with Crippen LogP contribution in [0.4, 0.5) is 5.82 Å². The number of fused-ring (bicyclic) bond motifs is 1. The Hall–Kier alpha value is -1.98. The average molecular weight is 178 g/mol. The van der Waals surface area contributed by atoms with Gasteiger partial charge in [0.2, 0.25) is 5.91 Å². The zero-order valence-electron chi connectivity index (χ0n) is 6.57. The number of nitrogens with one attached hydrogen (secondary N) is 2. The predicted molar refractivity (Wildman–Crippen MR) is 43.0 cm³/mol. The maximum absolute atomic E-state index is 11.2. The molecule has 1 aliphatic rings. The number of hydrogen-bond acceptors (Lipinski definition) is 4. The molecule has 0 spiro atoms. The second kappa shape index (κ2) is 2.81. The summed E-state index contributed by atoms with van der Waals surface area (Å²) in [7, 11) is 0. The minimum absolute atomic E-state index is 0.0448. The van der Waals surface area contributed by atoms with Crippen molar-refractivity contribution in [1.29, 1.82) is 0 Å². The van der Waals surface area contributed by atoms with E-state index in [1.165, 1.54) is 12.4 Å². The second-order valence-electron chi connectivity index (χ2n) is 2.48. The lowest BCUT2D eigenvalue weighted by Crippen LogP contribution is -2.28. The lowest BCUT2D eigenvalue weighted by Gasteiger charge is -1.99. The van der Waals surface area contributed by atoms with Gasteiger partial charge in [0.25, 0.3) is 5.91 Å². The zero-order chi connectivity index (χ0) is 9.26. The lowest BCUT2D eigenvalue weighted by molar-refractivity contribution is -0.115. The Morgan fingerprint density at radius 1 is 1.23 bits per heavy atom. The van der Waals surface area contributed by atoms with Gasteiger partial charge in [0.1, 0.15) is 0 Å². The first-order valence-corrected chi connectivity index (χ1v) is 3.66. The Morgan fingerprint density at radius 3 is 2.85 bits per heavy atom. The van der Waals surface area contributed by atoms with Crippen LogP contribution < -0.4 is 10.6 Å². The van der Waals surface area contributed by atoms with Crippen LogP contribution in [0.5, 0.6) is 0 Å². The summed E-state index contributed by atoms with van der Waals surface area (Å²) in [6.45, 7) is -0.0448. The molecule has 0 aromatic carbocycles. The molecule has 1 aromatic heterocycles. The molecule has 0 atom stereocenters. The van der Waals surface area contributed by atoms with Gasteiger partial charge in [-0.05, 0) is 0 Å². The number of carbonyl (C=O) groups is 2. The van der Waals surface area contributed by atoms with E-state index in [4.69, 9.17) is 0 Å². The van der Waals surface area contributed by atoms with Gasteiger partial charge in [0.05, 0.1) is 6.54 Å². The quantitative estimate of drug-likeness (QED) is 0.542. The van der Waals surface area contributed by atoms with Crippen LogP contribution in [0.1, 0.15) is 10.5 Å². The van der Waals surface area contributed by atoms with E-state index < -0.39 is 0 Å². The summed E-state index contributed by atoms with van der Waals surface area (Å²) in [5.74, 6) is -0.475. The molecular formula is C7H6N4O2. The van der Waals surface area contributed by atoms with Gasteiger partial charge in [0, 0.05) is 12.4 Å². The summed E-state index contributed by atoms with van der Waals surface area (Å²) >= 11 is 0. The minimum Gasteiger partial charge on any atom is -0.341 e. The molecule has 0 fully saturated rings. The van der Waals surface area contributed by atoms with E-state index in [0.29, 0.717) is 0 Å². The third-order valence-corrected chi connectivity index (χ3v) is 1.58. The van der Waals surface area contributed by atoms with Crippen LogP contribution in [-0.4, -0.2) is 28.3 Å². The van der Waals surface area contributed by atoms with Gasteiger partial charge >= 0.3 is 0 Å². The number of carbonyl (C=O) groups excluding carboxylic acids is 2. The summed E-state index contributed by atoms with van der Waals surface area (Å²) in [5, 5.41) is 4.85. The van der Waals surface area contributed by atoms with Gasteiger partial charge in [-0.3, -0.25) is 9.59 Å². The van der Waals surface area contributed by atoms with Gasteiger partial charge in [-0.25, -0.2) is 9.97 Å². The normalized spacial score (nSPS) is 15.4. The molecule has 0 saturated carbocycles. The molecule has 0 aliphatic carbocycles. The van der Waals surface area contributed by atoms with Crippen molar-refractivity contribution in [2.24, 2.45) is 0 Å². The monoisotopic (exact) mass is 178 g/mol. The van der Waals surface area contributed by atoms with Crippen molar-refractivity contribution in [3.05, 3.63) is 18.1 Å². The first-order chi connectivity index (χ1) is 6.27. The van der Waals surface area contributed by atoms with Crippen molar-refractivity contribution < 1.29 is 9.59 Å². The molecule has 1 aromatic rings. The highest BCUT2D eigenvalue weighted by Crippen LogP contribution is 2.09. The fourth-order valence-corrected chi connectivity index (χ4v) is 1.02. The van der Waals surface area contributed by atoms with E-state index in [-0.39, 0.29) is 29.9 Å².